The van der Waals surface area contributed by atoms with E-state index in [2.05, 4.69) is 19.8 Å². The van der Waals surface area contributed by atoms with Crippen LogP contribution in [0.2, 0.25) is 0 Å². The maximum Gasteiger partial charge on any atom is 0.0730 e. The number of aromatic nitrogens is 2. The Morgan fingerprint density at radius 1 is 0.929 bits per heavy atom. The van der Waals surface area contributed by atoms with E-state index >= 15 is 0 Å². The predicted molar refractivity (Wildman–Crippen MR) is 56.8 cm³/mol. The molecule has 0 aliphatic heterocycles. The Bertz CT molecular complexity index is 258. The molecule has 4 heteroatoms. The van der Waals surface area contributed by atoms with Crippen molar-refractivity contribution in [1.82, 2.24) is 19.8 Å². The molecule has 1 aromatic rings. The molecule has 0 bridgehead atoms. The molecule has 0 N–H and O–H groups in total. The highest BCUT2D eigenvalue weighted by atomic mass is 15.1. The van der Waals surface area contributed by atoms with Crippen LogP contribution in [0.4, 0.5) is 0 Å². The van der Waals surface area contributed by atoms with Gasteiger partial charge in [-0.2, -0.15) is 0 Å². The van der Waals surface area contributed by atoms with Crippen molar-refractivity contribution in [3.63, 3.8) is 0 Å². The van der Waals surface area contributed by atoms with Crippen LogP contribution in [0.3, 0.4) is 0 Å². The van der Waals surface area contributed by atoms with E-state index in [4.69, 9.17) is 0 Å². The lowest BCUT2D eigenvalue weighted by Crippen LogP contribution is -2.15. The molecule has 0 spiro atoms. The average molecular weight is 194 g/mol. The van der Waals surface area contributed by atoms with E-state index in [1.165, 1.54) is 0 Å². The van der Waals surface area contributed by atoms with E-state index < -0.39 is 0 Å². The molecule has 0 saturated heterocycles. The lowest BCUT2D eigenvalue weighted by Gasteiger charge is -2.11. The SMILES string of the molecule is CN(C)Cc1cncc(CN(C)C)n1. The summed E-state index contributed by atoms with van der Waals surface area (Å²) in [5, 5.41) is 0. The van der Waals surface area contributed by atoms with Crippen molar-refractivity contribution >= 4 is 0 Å². The first kappa shape index (κ1) is 11.1. The quantitative estimate of drug-likeness (QED) is 0.702. The molecule has 14 heavy (non-hydrogen) atoms. The van der Waals surface area contributed by atoms with Gasteiger partial charge in [0.25, 0.3) is 0 Å². The standard InChI is InChI=1S/C10H18N4/c1-13(2)7-9-5-11-6-10(12-9)8-14(3)4/h5-6H,7-8H2,1-4H3. The second-order valence-corrected chi connectivity index (χ2v) is 3.98. The summed E-state index contributed by atoms with van der Waals surface area (Å²) in [6, 6.07) is 0. The predicted octanol–water partition coefficient (Wildman–Crippen LogP) is 0.600. The zero-order chi connectivity index (χ0) is 10.6. The number of rotatable bonds is 4. The summed E-state index contributed by atoms with van der Waals surface area (Å²) in [6.07, 6.45) is 3.64. The summed E-state index contributed by atoms with van der Waals surface area (Å²) < 4.78 is 0. The van der Waals surface area contributed by atoms with Crippen LogP contribution in [0, 0.1) is 0 Å². The second-order valence-electron chi connectivity index (χ2n) is 3.98. The van der Waals surface area contributed by atoms with Crippen LogP contribution in [-0.2, 0) is 13.1 Å². The van der Waals surface area contributed by atoms with Gasteiger partial charge in [0.15, 0.2) is 0 Å². The van der Waals surface area contributed by atoms with Crippen LogP contribution in [0.25, 0.3) is 0 Å². The van der Waals surface area contributed by atoms with E-state index in [0.29, 0.717) is 0 Å². The van der Waals surface area contributed by atoms with Crippen molar-refractivity contribution < 1.29 is 0 Å². The van der Waals surface area contributed by atoms with Crippen LogP contribution >= 0.6 is 0 Å². The Morgan fingerprint density at radius 2 is 1.36 bits per heavy atom. The lowest BCUT2D eigenvalue weighted by atomic mass is 10.3. The molecule has 1 rings (SSSR count). The molecule has 78 valence electrons. The number of hydrogen-bond acceptors (Lipinski definition) is 4. The molecule has 0 amide bonds. The molecular weight excluding hydrogens is 176 g/mol. The van der Waals surface area contributed by atoms with E-state index in [9.17, 15) is 0 Å². The first-order valence-corrected chi connectivity index (χ1v) is 4.67. The van der Waals surface area contributed by atoms with Crippen LogP contribution in [-0.4, -0.2) is 48.0 Å². The van der Waals surface area contributed by atoms with Crippen LogP contribution in [0.15, 0.2) is 12.4 Å². The van der Waals surface area contributed by atoms with Gasteiger partial charge < -0.3 is 9.80 Å². The van der Waals surface area contributed by atoms with Crippen LogP contribution in [0.1, 0.15) is 11.4 Å². The summed E-state index contributed by atoms with van der Waals surface area (Å²) in [4.78, 5) is 12.9. The minimum atomic E-state index is 0.842. The third kappa shape index (κ3) is 3.81. The van der Waals surface area contributed by atoms with E-state index in [0.717, 1.165) is 24.5 Å². The minimum Gasteiger partial charge on any atom is -0.304 e. The summed E-state index contributed by atoms with van der Waals surface area (Å²) >= 11 is 0. The van der Waals surface area contributed by atoms with E-state index in [1.807, 2.05) is 40.6 Å². The maximum absolute atomic E-state index is 4.51. The first-order valence-electron chi connectivity index (χ1n) is 4.67. The van der Waals surface area contributed by atoms with Gasteiger partial charge in [-0.3, -0.25) is 9.97 Å². The highest BCUT2D eigenvalue weighted by Gasteiger charge is 2.01. The van der Waals surface area contributed by atoms with E-state index in [1.54, 1.807) is 0 Å². The largest absolute Gasteiger partial charge is 0.304 e. The van der Waals surface area contributed by atoms with Gasteiger partial charge >= 0.3 is 0 Å². The molecule has 4 nitrogen and oxygen atoms in total. The zero-order valence-electron chi connectivity index (χ0n) is 9.36. The number of hydrogen-bond donors (Lipinski definition) is 0. The maximum atomic E-state index is 4.51. The Morgan fingerprint density at radius 3 is 1.71 bits per heavy atom. The topological polar surface area (TPSA) is 32.3 Å². The van der Waals surface area contributed by atoms with Gasteiger partial charge in [-0.05, 0) is 28.2 Å². The second kappa shape index (κ2) is 5.02. The Kier molecular flexibility index (Phi) is 3.98. The van der Waals surface area contributed by atoms with E-state index in [-0.39, 0.29) is 0 Å². The van der Waals surface area contributed by atoms with Crippen molar-refractivity contribution in [1.29, 1.82) is 0 Å². The van der Waals surface area contributed by atoms with Crippen molar-refractivity contribution in [2.45, 2.75) is 13.1 Å². The fraction of sp³-hybridized carbons (Fsp3) is 0.600. The Hall–Kier alpha value is -1.00. The van der Waals surface area contributed by atoms with Gasteiger partial charge in [0, 0.05) is 25.5 Å². The minimum absolute atomic E-state index is 0.842. The molecule has 0 aliphatic carbocycles. The summed E-state index contributed by atoms with van der Waals surface area (Å²) in [5.74, 6) is 0. The fourth-order valence-corrected chi connectivity index (χ4v) is 1.25. The van der Waals surface area contributed by atoms with Crippen LogP contribution in [0.5, 0.6) is 0 Å². The fourth-order valence-electron chi connectivity index (χ4n) is 1.25. The van der Waals surface area contributed by atoms with Crippen LogP contribution < -0.4 is 0 Å². The van der Waals surface area contributed by atoms with Crippen molar-refractivity contribution in [2.24, 2.45) is 0 Å². The van der Waals surface area contributed by atoms with Crippen molar-refractivity contribution in [2.75, 3.05) is 28.2 Å². The molecule has 0 saturated carbocycles. The third-order valence-electron chi connectivity index (χ3n) is 1.69. The van der Waals surface area contributed by atoms with Crippen molar-refractivity contribution in [3.05, 3.63) is 23.8 Å². The average Bonchev–Trinajstić information content (AvgIpc) is 2.01. The van der Waals surface area contributed by atoms with Gasteiger partial charge in [-0.25, -0.2) is 0 Å². The zero-order valence-corrected chi connectivity index (χ0v) is 9.36. The van der Waals surface area contributed by atoms with Crippen molar-refractivity contribution in [3.8, 4) is 0 Å². The summed E-state index contributed by atoms with van der Waals surface area (Å²) in [6.45, 7) is 1.68. The molecule has 0 aromatic carbocycles. The normalized spacial score (nSPS) is 11.3. The van der Waals surface area contributed by atoms with Gasteiger partial charge in [0.05, 0.1) is 11.4 Å². The Labute approximate surface area is 85.6 Å². The summed E-state index contributed by atoms with van der Waals surface area (Å²) in [5.41, 5.74) is 2.05. The van der Waals surface area contributed by atoms with Gasteiger partial charge in [-0.1, -0.05) is 0 Å². The first-order chi connectivity index (χ1) is 6.58. The molecule has 1 heterocycles. The van der Waals surface area contributed by atoms with Gasteiger partial charge in [0.2, 0.25) is 0 Å². The van der Waals surface area contributed by atoms with Gasteiger partial charge in [0.1, 0.15) is 0 Å². The molecule has 0 aliphatic rings. The summed E-state index contributed by atoms with van der Waals surface area (Å²) in [7, 11) is 8.11. The highest BCUT2D eigenvalue weighted by Crippen LogP contribution is 2.00. The lowest BCUT2D eigenvalue weighted by molar-refractivity contribution is 0.383. The molecule has 0 unspecified atom stereocenters. The molecule has 0 fully saturated rings. The Balaban J connectivity index is 2.68. The molecular formula is C10H18N4. The monoisotopic (exact) mass is 194 g/mol. The molecule has 1 aromatic heterocycles. The highest BCUT2D eigenvalue weighted by molar-refractivity contribution is 5.02. The molecule has 0 atom stereocenters. The number of nitrogens with zero attached hydrogens (tertiary/aromatic N) is 4. The third-order valence-corrected chi connectivity index (χ3v) is 1.69. The van der Waals surface area contributed by atoms with Gasteiger partial charge in [-0.15, -0.1) is 0 Å². The molecule has 0 radical (unpaired) electrons. The smallest absolute Gasteiger partial charge is 0.0730 e.